The van der Waals surface area contributed by atoms with Crippen LogP contribution in [0.1, 0.15) is 43.4 Å². The number of hydrogen-bond acceptors (Lipinski definition) is 1. The molecule has 100 valence electrons. The summed E-state index contributed by atoms with van der Waals surface area (Å²) in [4.78, 5) is 0. The normalized spacial score (nSPS) is 14.1. The van der Waals surface area contributed by atoms with Gasteiger partial charge < -0.3 is 5.11 Å². The lowest BCUT2D eigenvalue weighted by Gasteiger charge is -2.09. The van der Waals surface area contributed by atoms with Gasteiger partial charge in [-0.15, -0.1) is 0 Å². The van der Waals surface area contributed by atoms with Crippen molar-refractivity contribution in [2.24, 2.45) is 0 Å². The number of rotatable bonds is 5. The topological polar surface area (TPSA) is 20.2 Å². The van der Waals surface area contributed by atoms with Crippen molar-refractivity contribution in [2.45, 2.75) is 38.5 Å². The SMILES string of the molecule is CCCCC=CC(O)c1ccc(C(F)(F)F)cc1. The fourth-order valence-electron chi connectivity index (χ4n) is 1.53. The predicted molar refractivity (Wildman–Crippen MR) is 65.1 cm³/mol. The van der Waals surface area contributed by atoms with Gasteiger partial charge in [0, 0.05) is 0 Å². The van der Waals surface area contributed by atoms with Crippen molar-refractivity contribution >= 4 is 0 Å². The standard InChI is InChI=1S/C14H17F3O/c1-2-3-4-5-6-13(18)11-7-9-12(10-8-11)14(15,16)17/h5-10,13,18H,2-4H2,1H3. The van der Waals surface area contributed by atoms with Gasteiger partial charge in [-0.3, -0.25) is 0 Å². The molecule has 0 aliphatic carbocycles. The molecule has 4 heteroatoms. The summed E-state index contributed by atoms with van der Waals surface area (Å²) in [6.07, 6.45) is 1.26. The maximum Gasteiger partial charge on any atom is 0.416 e. The van der Waals surface area contributed by atoms with Gasteiger partial charge in [-0.2, -0.15) is 13.2 Å². The minimum Gasteiger partial charge on any atom is -0.384 e. The molecule has 1 unspecified atom stereocenters. The van der Waals surface area contributed by atoms with Crippen LogP contribution < -0.4 is 0 Å². The smallest absolute Gasteiger partial charge is 0.384 e. The number of unbranched alkanes of at least 4 members (excludes halogenated alkanes) is 2. The van der Waals surface area contributed by atoms with E-state index in [4.69, 9.17) is 0 Å². The summed E-state index contributed by atoms with van der Waals surface area (Å²) in [5, 5.41) is 9.75. The van der Waals surface area contributed by atoms with Crippen LogP contribution in [-0.4, -0.2) is 5.11 Å². The molecule has 0 spiro atoms. The highest BCUT2D eigenvalue weighted by molar-refractivity contribution is 5.27. The van der Waals surface area contributed by atoms with Crippen LogP contribution in [0.25, 0.3) is 0 Å². The lowest BCUT2D eigenvalue weighted by atomic mass is 10.1. The summed E-state index contributed by atoms with van der Waals surface area (Å²) in [6.45, 7) is 2.07. The minimum absolute atomic E-state index is 0.468. The number of allylic oxidation sites excluding steroid dienone is 1. The Labute approximate surface area is 105 Å². The third-order valence-corrected chi connectivity index (χ3v) is 2.62. The molecule has 0 bridgehead atoms. The van der Waals surface area contributed by atoms with Crippen LogP contribution in [0.4, 0.5) is 13.2 Å². The second kappa shape index (κ2) is 6.59. The molecule has 0 radical (unpaired) electrons. The quantitative estimate of drug-likeness (QED) is 0.609. The molecule has 0 aliphatic rings. The zero-order valence-electron chi connectivity index (χ0n) is 10.2. The van der Waals surface area contributed by atoms with E-state index in [1.807, 2.05) is 6.08 Å². The van der Waals surface area contributed by atoms with Crippen LogP contribution in [0, 0.1) is 0 Å². The Hall–Kier alpha value is -1.29. The van der Waals surface area contributed by atoms with Gasteiger partial charge in [0.1, 0.15) is 0 Å². The van der Waals surface area contributed by atoms with Gasteiger partial charge in [0.25, 0.3) is 0 Å². The first-order valence-corrected chi connectivity index (χ1v) is 5.97. The van der Waals surface area contributed by atoms with E-state index >= 15 is 0 Å². The van der Waals surface area contributed by atoms with Gasteiger partial charge in [-0.05, 0) is 24.1 Å². The van der Waals surface area contributed by atoms with Crippen LogP contribution in [0.5, 0.6) is 0 Å². The number of aliphatic hydroxyl groups is 1. The largest absolute Gasteiger partial charge is 0.416 e. The van der Waals surface area contributed by atoms with E-state index in [9.17, 15) is 18.3 Å². The van der Waals surface area contributed by atoms with E-state index in [1.165, 1.54) is 12.1 Å². The highest BCUT2D eigenvalue weighted by Crippen LogP contribution is 2.30. The third-order valence-electron chi connectivity index (χ3n) is 2.62. The van der Waals surface area contributed by atoms with Crippen LogP contribution in [0.2, 0.25) is 0 Å². The molecular weight excluding hydrogens is 241 g/mol. The molecule has 0 aliphatic heterocycles. The first-order valence-electron chi connectivity index (χ1n) is 5.97. The van der Waals surface area contributed by atoms with Crippen molar-refractivity contribution in [3.63, 3.8) is 0 Å². The maximum absolute atomic E-state index is 12.3. The van der Waals surface area contributed by atoms with Gasteiger partial charge in [0.15, 0.2) is 0 Å². The minimum atomic E-state index is -4.33. The Balaban J connectivity index is 2.64. The van der Waals surface area contributed by atoms with E-state index in [-0.39, 0.29) is 0 Å². The maximum atomic E-state index is 12.3. The molecule has 0 saturated carbocycles. The number of hydrogen-bond donors (Lipinski definition) is 1. The molecule has 1 aromatic carbocycles. The average Bonchev–Trinajstić information content (AvgIpc) is 2.33. The zero-order chi connectivity index (χ0) is 13.6. The lowest BCUT2D eigenvalue weighted by molar-refractivity contribution is -0.137. The third kappa shape index (κ3) is 4.53. The Morgan fingerprint density at radius 1 is 1.22 bits per heavy atom. The summed E-state index contributed by atoms with van der Waals surface area (Å²) < 4.78 is 37.0. The summed E-state index contributed by atoms with van der Waals surface area (Å²) >= 11 is 0. The molecule has 1 atom stereocenters. The monoisotopic (exact) mass is 258 g/mol. The van der Waals surface area contributed by atoms with E-state index < -0.39 is 17.8 Å². The Morgan fingerprint density at radius 3 is 2.33 bits per heavy atom. The van der Waals surface area contributed by atoms with E-state index in [0.29, 0.717) is 5.56 Å². The highest BCUT2D eigenvalue weighted by Gasteiger charge is 2.30. The second-order valence-corrected chi connectivity index (χ2v) is 4.13. The van der Waals surface area contributed by atoms with Crippen molar-refractivity contribution < 1.29 is 18.3 Å². The molecule has 1 aromatic rings. The van der Waals surface area contributed by atoms with Crippen molar-refractivity contribution in [3.05, 3.63) is 47.5 Å². The van der Waals surface area contributed by atoms with Gasteiger partial charge in [-0.1, -0.05) is 44.1 Å². The van der Waals surface area contributed by atoms with Crippen LogP contribution in [0.15, 0.2) is 36.4 Å². The van der Waals surface area contributed by atoms with E-state index in [2.05, 4.69) is 6.92 Å². The average molecular weight is 258 g/mol. The molecule has 0 amide bonds. The van der Waals surface area contributed by atoms with Gasteiger partial charge in [-0.25, -0.2) is 0 Å². The van der Waals surface area contributed by atoms with Gasteiger partial charge in [0.2, 0.25) is 0 Å². The first-order chi connectivity index (χ1) is 8.45. The van der Waals surface area contributed by atoms with Crippen LogP contribution in [0.3, 0.4) is 0 Å². The Morgan fingerprint density at radius 2 is 1.83 bits per heavy atom. The zero-order valence-corrected chi connectivity index (χ0v) is 10.2. The molecule has 0 fully saturated rings. The van der Waals surface area contributed by atoms with Crippen molar-refractivity contribution in [3.8, 4) is 0 Å². The molecule has 18 heavy (non-hydrogen) atoms. The summed E-state index contributed by atoms with van der Waals surface area (Å²) in [6, 6.07) is 4.58. The van der Waals surface area contributed by atoms with Crippen LogP contribution >= 0.6 is 0 Å². The number of alkyl halides is 3. The fraction of sp³-hybridized carbons (Fsp3) is 0.429. The highest BCUT2D eigenvalue weighted by atomic mass is 19.4. The van der Waals surface area contributed by atoms with Gasteiger partial charge in [0.05, 0.1) is 11.7 Å². The van der Waals surface area contributed by atoms with Crippen molar-refractivity contribution in [2.75, 3.05) is 0 Å². The molecule has 0 heterocycles. The lowest BCUT2D eigenvalue weighted by Crippen LogP contribution is -2.05. The predicted octanol–water partition coefficient (Wildman–Crippen LogP) is 4.49. The van der Waals surface area contributed by atoms with Crippen LogP contribution in [-0.2, 0) is 6.18 Å². The molecule has 1 rings (SSSR count). The molecule has 1 N–H and O–H groups in total. The summed E-state index contributed by atoms with van der Waals surface area (Å²) in [5.41, 5.74) is -0.232. The van der Waals surface area contributed by atoms with E-state index in [0.717, 1.165) is 31.4 Å². The molecule has 0 saturated heterocycles. The molecule has 1 nitrogen and oxygen atoms in total. The van der Waals surface area contributed by atoms with Crippen molar-refractivity contribution in [1.29, 1.82) is 0 Å². The van der Waals surface area contributed by atoms with Gasteiger partial charge >= 0.3 is 6.18 Å². The second-order valence-electron chi connectivity index (χ2n) is 4.13. The molecule has 0 aromatic heterocycles. The number of aliphatic hydroxyl groups excluding tert-OH is 1. The number of benzene rings is 1. The van der Waals surface area contributed by atoms with E-state index in [1.54, 1.807) is 6.08 Å². The summed E-state index contributed by atoms with van der Waals surface area (Å²) in [7, 11) is 0. The van der Waals surface area contributed by atoms with Crippen molar-refractivity contribution in [1.82, 2.24) is 0 Å². The number of halogens is 3. The Kier molecular flexibility index (Phi) is 5.41. The fourth-order valence-corrected chi connectivity index (χ4v) is 1.53. The summed E-state index contributed by atoms with van der Waals surface area (Å²) in [5.74, 6) is 0. The Bertz CT molecular complexity index is 379. The first kappa shape index (κ1) is 14.8. The molecular formula is C14H17F3O.